The van der Waals surface area contributed by atoms with E-state index in [-0.39, 0.29) is 11.8 Å². The molecule has 178 valence electrons. The first-order valence-electron chi connectivity index (χ1n) is 11.7. The highest BCUT2D eigenvalue weighted by atomic mass is 16.5. The van der Waals surface area contributed by atoms with Crippen molar-refractivity contribution in [3.05, 3.63) is 78.5 Å². The molecule has 35 heavy (non-hydrogen) atoms. The van der Waals surface area contributed by atoms with Crippen molar-refractivity contribution >= 4 is 11.7 Å². The molecule has 1 amide bonds. The molecule has 0 unspecified atom stereocenters. The zero-order valence-electron chi connectivity index (χ0n) is 19.6. The lowest BCUT2D eigenvalue weighted by atomic mass is 9.95. The third kappa shape index (κ3) is 5.16. The molecule has 4 aromatic rings. The summed E-state index contributed by atoms with van der Waals surface area (Å²) in [5.74, 6) is 2.61. The quantitative estimate of drug-likeness (QED) is 0.430. The third-order valence-corrected chi connectivity index (χ3v) is 6.24. The van der Waals surface area contributed by atoms with E-state index < -0.39 is 0 Å². The van der Waals surface area contributed by atoms with E-state index in [0.717, 1.165) is 54.2 Å². The molecule has 0 spiro atoms. The van der Waals surface area contributed by atoms with Crippen LogP contribution in [0.3, 0.4) is 0 Å². The van der Waals surface area contributed by atoms with E-state index in [1.165, 1.54) is 0 Å². The number of ether oxygens (including phenoxy) is 1. The lowest BCUT2D eigenvalue weighted by molar-refractivity contribution is -0.125. The molecule has 0 radical (unpaired) electrons. The molecular weight excluding hydrogens is 442 g/mol. The number of aromatic nitrogens is 3. The van der Waals surface area contributed by atoms with Crippen molar-refractivity contribution in [2.75, 3.05) is 25.1 Å². The molecular formula is C27H27N5O3. The predicted octanol–water partition coefficient (Wildman–Crippen LogP) is 4.34. The van der Waals surface area contributed by atoms with E-state index in [2.05, 4.69) is 25.3 Å². The number of rotatable bonds is 7. The fourth-order valence-electron chi connectivity index (χ4n) is 4.32. The molecule has 2 aromatic carbocycles. The van der Waals surface area contributed by atoms with Gasteiger partial charge in [-0.3, -0.25) is 4.79 Å². The van der Waals surface area contributed by atoms with Gasteiger partial charge < -0.3 is 19.5 Å². The number of amides is 1. The van der Waals surface area contributed by atoms with E-state index >= 15 is 0 Å². The first-order chi connectivity index (χ1) is 17.2. The average Bonchev–Trinajstić information content (AvgIpc) is 3.43. The van der Waals surface area contributed by atoms with Gasteiger partial charge in [0.15, 0.2) is 0 Å². The number of carbonyl (C=O) groups excluding carboxylic acids is 1. The highest BCUT2D eigenvalue weighted by Crippen LogP contribution is 2.32. The Hall–Kier alpha value is -4.20. The van der Waals surface area contributed by atoms with Gasteiger partial charge in [0, 0.05) is 37.3 Å². The van der Waals surface area contributed by atoms with Crippen molar-refractivity contribution in [1.29, 1.82) is 0 Å². The highest BCUT2D eigenvalue weighted by Gasteiger charge is 2.27. The molecule has 8 nitrogen and oxygen atoms in total. The molecule has 5 rings (SSSR count). The number of benzene rings is 2. The SMILES string of the molecule is COc1cccc(CNC(=O)C2CCN(c3ncccc3-c3nc(-c4ccccc4)no3)CC2)c1. The number of pyridine rings is 1. The van der Waals surface area contributed by atoms with Gasteiger partial charge in [-0.2, -0.15) is 4.98 Å². The Balaban J connectivity index is 1.22. The zero-order chi connectivity index (χ0) is 24.0. The molecule has 1 aliphatic rings. The molecule has 2 aromatic heterocycles. The van der Waals surface area contributed by atoms with Crippen molar-refractivity contribution in [2.45, 2.75) is 19.4 Å². The zero-order valence-corrected chi connectivity index (χ0v) is 19.6. The summed E-state index contributed by atoms with van der Waals surface area (Å²) in [6.45, 7) is 1.93. The molecule has 1 aliphatic heterocycles. The minimum absolute atomic E-state index is 0.0305. The lowest BCUT2D eigenvalue weighted by Gasteiger charge is -2.32. The molecule has 8 heteroatoms. The normalized spacial score (nSPS) is 14.0. The van der Waals surface area contributed by atoms with Gasteiger partial charge in [-0.05, 0) is 42.7 Å². The van der Waals surface area contributed by atoms with Gasteiger partial charge in [-0.1, -0.05) is 47.6 Å². The van der Waals surface area contributed by atoms with E-state index in [0.29, 0.717) is 18.3 Å². The molecule has 1 saturated heterocycles. The number of hydrogen-bond donors (Lipinski definition) is 1. The van der Waals surface area contributed by atoms with Crippen LogP contribution in [-0.2, 0) is 11.3 Å². The van der Waals surface area contributed by atoms with Crippen molar-refractivity contribution < 1.29 is 14.1 Å². The monoisotopic (exact) mass is 469 g/mol. The number of hydrogen-bond acceptors (Lipinski definition) is 7. The Labute approximate surface area is 204 Å². The fraction of sp³-hybridized carbons (Fsp3) is 0.259. The molecule has 0 bridgehead atoms. The Kier molecular flexibility index (Phi) is 6.70. The number of nitrogens with zero attached hydrogens (tertiary/aromatic N) is 4. The summed E-state index contributed by atoms with van der Waals surface area (Å²) in [5, 5.41) is 7.22. The minimum atomic E-state index is -0.0305. The maximum atomic E-state index is 12.8. The number of carbonyl (C=O) groups is 1. The summed E-state index contributed by atoms with van der Waals surface area (Å²) in [6.07, 6.45) is 3.26. The van der Waals surface area contributed by atoms with Gasteiger partial charge in [0.2, 0.25) is 11.7 Å². The standard InChI is InChI=1S/C27H27N5O3/c1-34-22-10-5-7-19(17-22)18-29-26(33)21-12-15-32(16-13-21)25-23(11-6-14-28-25)27-30-24(31-35-27)20-8-3-2-4-9-20/h2-11,14,17,21H,12-13,15-16,18H2,1H3,(H,29,33). The van der Waals surface area contributed by atoms with Gasteiger partial charge in [0.1, 0.15) is 11.6 Å². The van der Waals surface area contributed by atoms with Crippen LogP contribution in [-0.4, -0.2) is 41.2 Å². The van der Waals surface area contributed by atoms with Crippen LogP contribution in [0.1, 0.15) is 18.4 Å². The fourth-order valence-corrected chi connectivity index (χ4v) is 4.32. The smallest absolute Gasteiger partial charge is 0.261 e. The molecule has 1 N–H and O–H groups in total. The summed E-state index contributed by atoms with van der Waals surface area (Å²) in [6, 6.07) is 21.3. The first-order valence-corrected chi connectivity index (χ1v) is 11.7. The lowest BCUT2D eigenvalue weighted by Crippen LogP contribution is -2.40. The van der Waals surface area contributed by atoms with Crippen LogP contribution in [0.4, 0.5) is 5.82 Å². The predicted molar refractivity (Wildman–Crippen MR) is 133 cm³/mol. The minimum Gasteiger partial charge on any atom is -0.497 e. The van der Waals surface area contributed by atoms with Crippen molar-refractivity contribution in [3.8, 4) is 28.6 Å². The maximum absolute atomic E-state index is 12.8. The Morgan fingerprint density at radius 1 is 1.09 bits per heavy atom. The van der Waals surface area contributed by atoms with Crippen LogP contribution in [0.5, 0.6) is 5.75 Å². The molecule has 0 atom stereocenters. The van der Waals surface area contributed by atoms with E-state index in [1.54, 1.807) is 13.3 Å². The summed E-state index contributed by atoms with van der Waals surface area (Å²) < 4.78 is 10.8. The van der Waals surface area contributed by atoms with Gasteiger partial charge in [0.25, 0.3) is 5.89 Å². The second-order valence-electron chi connectivity index (χ2n) is 8.49. The molecule has 0 saturated carbocycles. The van der Waals surface area contributed by atoms with Gasteiger partial charge in [-0.25, -0.2) is 4.98 Å². The van der Waals surface area contributed by atoms with E-state index in [1.807, 2.05) is 66.7 Å². The van der Waals surface area contributed by atoms with Crippen LogP contribution < -0.4 is 15.0 Å². The Bertz CT molecular complexity index is 1280. The topological polar surface area (TPSA) is 93.4 Å². The summed E-state index contributed by atoms with van der Waals surface area (Å²) >= 11 is 0. The Morgan fingerprint density at radius 2 is 1.91 bits per heavy atom. The van der Waals surface area contributed by atoms with Crippen molar-refractivity contribution in [2.24, 2.45) is 5.92 Å². The van der Waals surface area contributed by atoms with E-state index in [9.17, 15) is 4.79 Å². The van der Waals surface area contributed by atoms with Gasteiger partial charge >= 0.3 is 0 Å². The number of nitrogens with one attached hydrogen (secondary N) is 1. The van der Waals surface area contributed by atoms with Crippen molar-refractivity contribution in [1.82, 2.24) is 20.4 Å². The van der Waals surface area contributed by atoms with Gasteiger partial charge in [-0.15, -0.1) is 0 Å². The number of methoxy groups -OCH3 is 1. The second kappa shape index (κ2) is 10.4. The molecule has 1 fully saturated rings. The average molecular weight is 470 g/mol. The maximum Gasteiger partial charge on any atom is 0.261 e. The van der Waals surface area contributed by atoms with Gasteiger partial charge in [0.05, 0.1) is 12.7 Å². The largest absolute Gasteiger partial charge is 0.497 e. The number of piperidine rings is 1. The molecule has 0 aliphatic carbocycles. The van der Waals surface area contributed by atoms with Crippen LogP contribution in [0, 0.1) is 5.92 Å². The summed E-state index contributed by atoms with van der Waals surface area (Å²) in [5.41, 5.74) is 2.71. The first kappa shape index (κ1) is 22.6. The Morgan fingerprint density at radius 3 is 2.71 bits per heavy atom. The van der Waals surface area contributed by atoms with Crippen LogP contribution in [0.25, 0.3) is 22.8 Å². The second-order valence-corrected chi connectivity index (χ2v) is 8.49. The van der Waals surface area contributed by atoms with Crippen LogP contribution in [0.15, 0.2) is 77.4 Å². The molecule has 3 heterocycles. The summed E-state index contributed by atoms with van der Waals surface area (Å²) in [4.78, 5) is 24.2. The van der Waals surface area contributed by atoms with Crippen LogP contribution >= 0.6 is 0 Å². The van der Waals surface area contributed by atoms with Crippen LogP contribution in [0.2, 0.25) is 0 Å². The third-order valence-electron chi connectivity index (χ3n) is 6.24. The van der Waals surface area contributed by atoms with Crippen molar-refractivity contribution in [3.63, 3.8) is 0 Å². The number of anilines is 1. The summed E-state index contributed by atoms with van der Waals surface area (Å²) in [7, 11) is 1.64. The van der Waals surface area contributed by atoms with E-state index in [4.69, 9.17) is 9.26 Å². The highest BCUT2D eigenvalue weighted by molar-refractivity contribution is 5.79.